The fraction of sp³-hybridized carbons (Fsp3) is 0. The van der Waals surface area contributed by atoms with Crippen LogP contribution in [0.15, 0.2) is 72.8 Å². The molecule has 0 aliphatic carbocycles. The van der Waals surface area contributed by atoms with Crippen LogP contribution in [-0.2, 0) is 0 Å². The molecule has 0 radical (unpaired) electrons. The second kappa shape index (κ2) is 4.60. The van der Waals surface area contributed by atoms with Gasteiger partial charge < -0.3 is 5.11 Å². The summed E-state index contributed by atoms with van der Waals surface area (Å²) in [5, 5.41) is 12.2. The summed E-state index contributed by atoms with van der Waals surface area (Å²) in [5.74, 6) is 0.218. The van der Waals surface area contributed by atoms with E-state index in [1.54, 1.807) is 6.07 Å². The normalized spacial score (nSPS) is 11.0. The first-order chi connectivity index (χ1) is 10.3. The number of hydrogen-bond donors (Lipinski definition) is 1. The lowest BCUT2D eigenvalue weighted by molar-refractivity contribution is 0.480. The molecule has 0 amide bonds. The van der Waals surface area contributed by atoms with Gasteiger partial charge in [-0.15, -0.1) is 0 Å². The topological polar surface area (TPSA) is 33.1 Å². The summed E-state index contributed by atoms with van der Waals surface area (Å²) in [4.78, 5) is 4.61. The van der Waals surface area contributed by atoms with E-state index in [-0.39, 0.29) is 5.75 Å². The maximum Gasteiger partial charge on any atom is 0.141 e. The van der Waals surface area contributed by atoms with Crippen molar-refractivity contribution in [2.45, 2.75) is 0 Å². The maximum absolute atomic E-state index is 10.1. The van der Waals surface area contributed by atoms with Crippen molar-refractivity contribution in [2.75, 3.05) is 0 Å². The molecule has 4 aromatic rings. The van der Waals surface area contributed by atoms with Crippen LogP contribution in [0, 0.1) is 0 Å². The summed E-state index contributed by atoms with van der Waals surface area (Å²) in [5.41, 5.74) is 3.79. The van der Waals surface area contributed by atoms with Crippen molar-refractivity contribution in [3.05, 3.63) is 72.8 Å². The van der Waals surface area contributed by atoms with Crippen molar-refractivity contribution in [3.63, 3.8) is 0 Å². The molecule has 1 aromatic heterocycles. The number of para-hydroxylation sites is 2. The fourth-order valence-corrected chi connectivity index (χ4v) is 2.81. The number of pyridine rings is 1. The second-order valence-corrected chi connectivity index (χ2v) is 5.04. The Bertz CT molecular complexity index is 945. The van der Waals surface area contributed by atoms with Gasteiger partial charge in [-0.05, 0) is 17.7 Å². The van der Waals surface area contributed by atoms with Gasteiger partial charge in [-0.2, -0.15) is 0 Å². The molecule has 2 heteroatoms. The Morgan fingerprint density at radius 1 is 0.667 bits per heavy atom. The van der Waals surface area contributed by atoms with Crippen LogP contribution in [0.5, 0.6) is 5.75 Å². The van der Waals surface area contributed by atoms with E-state index in [4.69, 9.17) is 0 Å². The molecule has 21 heavy (non-hydrogen) atoms. The summed E-state index contributed by atoms with van der Waals surface area (Å²) in [6.07, 6.45) is 0. The molecule has 0 fully saturated rings. The third kappa shape index (κ3) is 1.84. The van der Waals surface area contributed by atoms with Crippen molar-refractivity contribution < 1.29 is 5.11 Å². The van der Waals surface area contributed by atoms with Crippen LogP contribution in [0.2, 0.25) is 0 Å². The summed E-state index contributed by atoms with van der Waals surface area (Å²) >= 11 is 0. The highest BCUT2D eigenvalue weighted by Gasteiger charge is 2.12. The number of fused-ring (bicyclic) bond motifs is 2. The average Bonchev–Trinajstić information content (AvgIpc) is 2.54. The van der Waals surface area contributed by atoms with Gasteiger partial charge >= 0.3 is 0 Å². The molecule has 0 saturated heterocycles. The van der Waals surface area contributed by atoms with Gasteiger partial charge in [0.1, 0.15) is 11.3 Å². The molecular weight excluding hydrogens is 258 g/mol. The van der Waals surface area contributed by atoms with Gasteiger partial charge in [-0.25, -0.2) is 4.98 Å². The SMILES string of the molecule is Oc1cccc2c(-c3ccccc3)c3ccccc3nc12. The smallest absolute Gasteiger partial charge is 0.141 e. The van der Waals surface area contributed by atoms with Gasteiger partial charge in [-0.1, -0.05) is 60.7 Å². The van der Waals surface area contributed by atoms with Crippen LogP contribution < -0.4 is 0 Å². The van der Waals surface area contributed by atoms with Crippen molar-refractivity contribution in [3.8, 4) is 16.9 Å². The monoisotopic (exact) mass is 271 g/mol. The molecule has 0 unspecified atom stereocenters. The first kappa shape index (κ1) is 11.9. The summed E-state index contributed by atoms with van der Waals surface area (Å²) < 4.78 is 0. The van der Waals surface area contributed by atoms with Crippen LogP contribution in [-0.4, -0.2) is 10.1 Å². The Kier molecular flexibility index (Phi) is 2.61. The van der Waals surface area contributed by atoms with E-state index in [1.807, 2.05) is 48.5 Å². The molecule has 0 aliphatic rings. The molecule has 1 N–H and O–H groups in total. The Balaban J connectivity index is 2.26. The lowest BCUT2D eigenvalue weighted by Crippen LogP contribution is -1.89. The number of nitrogens with zero attached hydrogens (tertiary/aromatic N) is 1. The highest BCUT2D eigenvalue weighted by molar-refractivity contribution is 6.10. The molecule has 3 aromatic carbocycles. The zero-order valence-electron chi connectivity index (χ0n) is 11.3. The minimum absolute atomic E-state index is 0.218. The standard InChI is InChI=1S/C19H13NO/c21-17-12-6-10-15-18(13-7-2-1-3-8-13)14-9-4-5-11-16(14)20-19(15)17/h1-12,21H. The van der Waals surface area contributed by atoms with Gasteiger partial charge in [0.15, 0.2) is 0 Å². The van der Waals surface area contributed by atoms with E-state index in [0.717, 1.165) is 27.4 Å². The van der Waals surface area contributed by atoms with Crippen LogP contribution in [0.1, 0.15) is 0 Å². The highest BCUT2D eigenvalue weighted by atomic mass is 16.3. The van der Waals surface area contributed by atoms with E-state index in [2.05, 4.69) is 23.2 Å². The largest absolute Gasteiger partial charge is 0.506 e. The lowest BCUT2D eigenvalue weighted by Gasteiger charge is -2.11. The van der Waals surface area contributed by atoms with Gasteiger partial charge in [0.05, 0.1) is 5.52 Å². The van der Waals surface area contributed by atoms with Crippen molar-refractivity contribution in [2.24, 2.45) is 0 Å². The molecular formula is C19H13NO. The van der Waals surface area contributed by atoms with Crippen LogP contribution in [0.3, 0.4) is 0 Å². The van der Waals surface area contributed by atoms with Gasteiger partial charge in [0, 0.05) is 16.3 Å². The Hall–Kier alpha value is -2.87. The minimum atomic E-state index is 0.218. The van der Waals surface area contributed by atoms with Gasteiger partial charge in [0.2, 0.25) is 0 Å². The number of hydrogen-bond acceptors (Lipinski definition) is 2. The van der Waals surface area contributed by atoms with E-state index in [1.165, 1.54) is 0 Å². The second-order valence-electron chi connectivity index (χ2n) is 5.04. The molecule has 4 rings (SSSR count). The first-order valence-electron chi connectivity index (χ1n) is 6.90. The van der Waals surface area contributed by atoms with E-state index in [0.29, 0.717) is 5.52 Å². The number of rotatable bonds is 1. The highest BCUT2D eigenvalue weighted by Crippen LogP contribution is 2.37. The molecule has 0 atom stereocenters. The Morgan fingerprint density at radius 2 is 1.38 bits per heavy atom. The van der Waals surface area contributed by atoms with Crippen molar-refractivity contribution in [1.29, 1.82) is 0 Å². The zero-order valence-corrected chi connectivity index (χ0v) is 11.3. The minimum Gasteiger partial charge on any atom is -0.506 e. The first-order valence-corrected chi connectivity index (χ1v) is 6.90. The lowest BCUT2D eigenvalue weighted by atomic mass is 9.96. The summed E-state index contributed by atoms with van der Waals surface area (Å²) in [6.45, 7) is 0. The van der Waals surface area contributed by atoms with E-state index < -0.39 is 0 Å². The quantitative estimate of drug-likeness (QED) is 0.506. The summed E-state index contributed by atoms with van der Waals surface area (Å²) in [7, 11) is 0. The van der Waals surface area contributed by atoms with Crippen LogP contribution in [0.4, 0.5) is 0 Å². The van der Waals surface area contributed by atoms with E-state index >= 15 is 0 Å². The van der Waals surface area contributed by atoms with Crippen LogP contribution >= 0.6 is 0 Å². The number of phenols is 1. The number of phenolic OH excluding ortho intramolecular Hbond substituents is 1. The fourth-order valence-electron chi connectivity index (χ4n) is 2.81. The van der Waals surface area contributed by atoms with Crippen molar-refractivity contribution in [1.82, 2.24) is 4.98 Å². The third-order valence-corrected chi connectivity index (χ3v) is 3.75. The molecule has 2 nitrogen and oxygen atoms in total. The summed E-state index contributed by atoms with van der Waals surface area (Å²) in [6, 6.07) is 23.8. The predicted molar refractivity (Wildman–Crippen MR) is 86.3 cm³/mol. The predicted octanol–water partition coefficient (Wildman–Crippen LogP) is 4.76. The molecule has 0 aliphatic heterocycles. The molecule has 100 valence electrons. The molecule has 0 spiro atoms. The molecule has 0 saturated carbocycles. The Labute approximate surface area is 122 Å². The van der Waals surface area contributed by atoms with Crippen molar-refractivity contribution >= 4 is 21.8 Å². The number of benzene rings is 3. The van der Waals surface area contributed by atoms with E-state index in [9.17, 15) is 5.11 Å². The third-order valence-electron chi connectivity index (χ3n) is 3.75. The zero-order chi connectivity index (χ0) is 14.2. The van der Waals surface area contributed by atoms with Gasteiger partial charge in [0.25, 0.3) is 0 Å². The maximum atomic E-state index is 10.1. The van der Waals surface area contributed by atoms with Crippen LogP contribution in [0.25, 0.3) is 32.9 Å². The number of aromatic nitrogens is 1. The molecule has 1 heterocycles. The van der Waals surface area contributed by atoms with Gasteiger partial charge in [-0.3, -0.25) is 0 Å². The molecule has 0 bridgehead atoms. The number of aromatic hydroxyl groups is 1. The average molecular weight is 271 g/mol. The Morgan fingerprint density at radius 3 is 2.24 bits per heavy atom.